The predicted molar refractivity (Wildman–Crippen MR) is 201 cm³/mol. The lowest BCUT2D eigenvalue weighted by atomic mass is 9.86. The van der Waals surface area contributed by atoms with Crippen LogP contribution in [0.15, 0.2) is 72.9 Å². The van der Waals surface area contributed by atoms with E-state index in [1.807, 2.05) is 45.0 Å². The second kappa shape index (κ2) is 16.3. The van der Waals surface area contributed by atoms with Crippen molar-refractivity contribution in [3.63, 3.8) is 0 Å². The third kappa shape index (κ3) is 9.02. The summed E-state index contributed by atoms with van der Waals surface area (Å²) >= 11 is 0. The molecule has 2 fully saturated rings. The summed E-state index contributed by atoms with van der Waals surface area (Å²) in [5.41, 5.74) is 3.99. The zero-order chi connectivity index (χ0) is 38.6. The molecule has 0 radical (unpaired) electrons. The monoisotopic (exact) mass is 742 g/mol. The fraction of sp³-hybridized carbons (Fsp3) is 0.366. The first-order valence-electron chi connectivity index (χ1n) is 18.2. The fourth-order valence-corrected chi connectivity index (χ4v) is 7.23. The predicted octanol–water partition coefficient (Wildman–Crippen LogP) is 7.94. The van der Waals surface area contributed by atoms with E-state index in [1.54, 1.807) is 18.2 Å². The van der Waals surface area contributed by atoms with Crippen LogP contribution in [0.1, 0.15) is 89.5 Å². The number of nitrogens with one attached hydrogen (secondary N) is 4. The third-order valence-electron chi connectivity index (χ3n) is 9.90. The van der Waals surface area contributed by atoms with Gasteiger partial charge in [0.05, 0.1) is 40.2 Å². The quantitative estimate of drug-likeness (QED) is 0.114. The van der Waals surface area contributed by atoms with Crippen LogP contribution in [0, 0.1) is 6.92 Å². The van der Waals surface area contributed by atoms with Gasteiger partial charge in [-0.05, 0) is 106 Å². The summed E-state index contributed by atoms with van der Waals surface area (Å²) in [6, 6.07) is 19.7. The van der Waals surface area contributed by atoms with Crippen LogP contribution in [0.3, 0.4) is 0 Å². The van der Waals surface area contributed by atoms with Crippen molar-refractivity contribution in [2.75, 3.05) is 30.8 Å². The molecule has 284 valence electrons. The lowest BCUT2D eigenvalue weighted by Gasteiger charge is -2.33. The maximum atomic E-state index is 14.1. The van der Waals surface area contributed by atoms with Gasteiger partial charge in [0.25, 0.3) is 5.91 Å². The molecule has 3 amide bonds. The molecule has 3 heterocycles. The Bertz CT molecular complexity index is 2030. The molecule has 3 aromatic carbocycles. The molecule has 4 aromatic rings. The van der Waals surface area contributed by atoms with Gasteiger partial charge in [0.2, 0.25) is 11.8 Å². The average molecular weight is 743 g/mol. The van der Waals surface area contributed by atoms with Gasteiger partial charge in [-0.2, -0.15) is 13.2 Å². The molecule has 0 bridgehead atoms. The Morgan fingerprint density at radius 3 is 2.43 bits per heavy atom. The van der Waals surface area contributed by atoms with Gasteiger partial charge in [-0.15, -0.1) is 0 Å². The number of carbonyl (C=O) groups excluding carboxylic acids is 3. The van der Waals surface area contributed by atoms with Crippen LogP contribution < -0.4 is 26.0 Å². The Morgan fingerprint density at radius 2 is 1.72 bits per heavy atom. The number of hydrogen-bond acceptors (Lipinski definition) is 8. The molecule has 54 heavy (non-hydrogen) atoms. The minimum atomic E-state index is -4.70. The number of rotatable bonds is 11. The van der Waals surface area contributed by atoms with E-state index in [0.717, 1.165) is 60.9 Å². The number of amides is 3. The SMILES string of the molecule is CNC(=O)c1ccccc1Nc1cc(Nc2cc(C)c(C3CCN(Cc4cccc(C5CCC(=O)NC5=O)c4)CC3)cc2OC(C)C)ncc1C(F)(F)F. The van der Waals surface area contributed by atoms with Crippen molar-refractivity contribution in [3.05, 3.63) is 106 Å². The number of benzene rings is 3. The number of alkyl halides is 3. The van der Waals surface area contributed by atoms with Crippen molar-refractivity contribution in [1.29, 1.82) is 0 Å². The second-order valence-electron chi connectivity index (χ2n) is 14.2. The summed E-state index contributed by atoms with van der Waals surface area (Å²) in [5.74, 6) is -0.200. The number of ether oxygens (including phenoxy) is 1. The van der Waals surface area contributed by atoms with Gasteiger partial charge in [0, 0.05) is 32.3 Å². The Kier molecular flexibility index (Phi) is 11.6. The van der Waals surface area contributed by atoms with Crippen LogP contribution in [0.4, 0.5) is 36.1 Å². The van der Waals surface area contributed by atoms with Crippen molar-refractivity contribution in [2.45, 2.75) is 77.1 Å². The first-order valence-corrected chi connectivity index (χ1v) is 18.2. The van der Waals surface area contributed by atoms with Crippen LogP contribution in [-0.2, 0) is 22.3 Å². The maximum Gasteiger partial charge on any atom is 0.419 e. The van der Waals surface area contributed by atoms with E-state index in [4.69, 9.17) is 4.74 Å². The number of aromatic nitrogens is 1. The molecular formula is C41H45F3N6O4. The molecule has 1 aromatic heterocycles. The number of likely N-dealkylation sites (tertiary alicyclic amines) is 1. The van der Waals surface area contributed by atoms with E-state index in [9.17, 15) is 27.6 Å². The summed E-state index contributed by atoms with van der Waals surface area (Å²) in [7, 11) is 1.46. The van der Waals surface area contributed by atoms with E-state index in [1.165, 1.54) is 19.2 Å². The van der Waals surface area contributed by atoms with Crippen molar-refractivity contribution in [3.8, 4) is 5.75 Å². The number of halogens is 3. The zero-order valence-electron chi connectivity index (χ0n) is 30.8. The molecule has 4 N–H and O–H groups in total. The first kappa shape index (κ1) is 38.3. The number of anilines is 4. The van der Waals surface area contributed by atoms with E-state index in [0.29, 0.717) is 24.3 Å². The Morgan fingerprint density at radius 1 is 0.963 bits per heavy atom. The third-order valence-corrected chi connectivity index (χ3v) is 9.90. The number of piperidine rings is 2. The molecule has 0 saturated carbocycles. The van der Waals surface area contributed by atoms with Crippen LogP contribution in [0.2, 0.25) is 0 Å². The fourth-order valence-electron chi connectivity index (χ4n) is 7.23. The van der Waals surface area contributed by atoms with Crippen LogP contribution in [0.5, 0.6) is 5.75 Å². The standard InChI is InChI=1S/C41H45F3N6O4/c1-24(2)54-36-20-31(27-14-16-50(17-15-27)23-26-8-7-9-28(19-26)29-12-13-38(51)49-40(29)53)25(3)18-35(36)48-37-21-34(32(22-46-37)41(42,43)44)47-33-11-6-5-10-30(33)39(52)45-4/h5-11,18-22,24,27,29H,12-17,23H2,1-4H3,(H,45,52)(H2,46,47,48)(H,49,51,53). The highest BCUT2D eigenvalue weighted by Crippen LogP contribution is 2.41. The van der Waals surface area contributed by atoms with Crippen molar-refractivity contribution in [1.82, 2.24) is 20.5 Å². The number of aryl methyl sites for hydroxylation is 1. The zero-order valence-corrected chi connectivity index (χ0v) is 30.8. The minimum absolute atomic E-state index is 0.165. The molecule has 6 rings (SSSR count). The lowest BCUT2D eigenvalue weighted by molar-refractivity contribution is -0.137. The summed E-state index contributed by atoms with van der Waals surface area (Å²) < 4.78 is 48.7. The number of carbonyl (C=O) groups is 3. The van der Waals surface area contributed by atoms with Crippen LogP contribution in [0.25, 0.3) is 0 Å². The smallest absolute Gasteiger partial charge is 0.419 e. The lowest BCUT2D eigenvalue weighted by Crippen LogP contribution is -2.39. The number of nitrogens with zero attached hydrogens (tertiary/aromatic N) is 2. The molecule has 1 unspecified atom stereocenters. The molecule has 0 spiro atoms. The van der Waals surface area contributed by atoms with Gasteiger partial charge in [-0.1, -0.05) is 36.4 Å². The molecular weight excluding hydrogens is 697 g/mol. The molecule has 2 saturated heterocycles. The van der Waals surface area contributed by atoms with E-state index >= 15 is 0 Å². The van der Waals surface area contributed by atoms with Crippen LogP contribution in [-0.4, -0.2) is 53.8 Å². The Labute approximate surface area is 312 Å². The van der Waals surface area contributed by atoms with Crippen molar-refractivity contribution < 1.29 is 32.3 Å². The number of imide groups is 1. The average Bonchev–Trinajstić information content (AvgIpc) is 3.12. The number of para-hydroxylation sites is 1. The molecule has 10 nitrogen and oxygen atoms in total. The van der Waals surface area contributed by atoms with Gasteiger partial charge >= 0.3 is 6.18 Å². The first-order chi connectivity index (χ1) is 25.8. The normalized spacial score (nSPS) is 16.9. The van der Waals surface area contributed by atoms with Gasteiger partial charge in [0.15, 0.2) is 0 Å². The maximum absolute atomic E-state index is 14.1. The summed E-state index contributed by atoms with van der Waals surface area (Å²) in [6.07, 6.45) is -1.38. The summed E-state index contributed by atoms with van der Waals surface area (Å²) in [6.45, 7) is 8.36. The van der Waals surface area contributed by atoms with E-state index < -0.39 is 17.6 Å². The highest BCUT2D eigenvalue weighted by molar-refractivity contribution is 6.01. The van der Waals surface area contributed by atoms with Gasteiger partial charge in [0.1, 0.15) is 11.6 Å². The van der Waals surface area contributed by atoms with Gasteiger partial charge < -0.3 is 20.7 Å². The van der Waals surface area contributed by atoms with E-state index in [2.05, 4.69) is 43.3 Å². The number of pyridine rings is 1. The Hall–Kier alpha value is -5.43. The summed E-state index contributed by atoms with van der Waals surface area (Å²) in [5, 5.41) is 11.0. The largest absolute Gasteiger partial charge is 0.489 e. The molecule has 13 heteroatoms. The molecule has 0 aliphatic carbocycles. The molecule has 2 aliphatic rings. The van der Waals surface area contributed by atoms with Crippen molar-refractivity contribution in [2.24, 2.45) is 0 Å². The Balaban J connectivity index is 1.18. The van der Waals surface area contributed by atoms with Gasteiger partial charge in [-0.25, -0.2) is 4.98 Å². The number of hydrogen-bond donors (Lipinski definition) is 4. The highest BCUT2D eigenvalue weighted by Gasteiger charge is 2.35. The van der Waals surface area contributed by atoms with Crippen molar-refractivity contribution >= 4 is 40.6 Å². The molecule has 2 aliphatic heterocycles. The van der Waals surface area contributed by atoms with E-state index in [-0.39, 0.29) is 52.5 Å². The van der Waals surface area contributed by atoms with Crippen LogP contribution >= 0.6 is 0 Å². The summed E-state index contributed by atoms with van der Waals surface area (Å²) in [4.78, 5) is 43.0. The topological polar surface area (TPSA) is 125 Å². The minimum Gasteiger partial charge on any atom is -0.489 e. The second-order valence-corrected chi connectivity index (χ2v) is 14.2. The molecule has 1 atom stereocenters. The van der Waals surface area contributed by atoms with Gasteiger partial charge in [-0.3, -0.25) is 24.6 Å². The highest BCUT2D eigenvalue weighted by atomic mass is 19.4.